The summed E-state index contributed by atoms with van der Waals surface area (Å²) in [6.45, 7) is 2.22. The minimum absolute atomic E-state index is 0.0737. The second-order valence-electron chi connectivity index (χ2n) is 5.45. The smallest absolute Gasteiger partial charge is 0.255 e. The standard InChI is InChI=1S/C18H17FN2O3/c19-15-2-1-3-16(12-15)20-17(22)13-4-6-14(7-5-13)18(23)21-8-10-24-11-9-21/h1-7,12H,8-11H2,(H,20,22). The molecular formula is C18H17FN2O3. The van der Waals surface area contributed by atoms with Crippen molar-refractivity contribution in [2.24, 2.45) is 0 Å². The van der Waals surface area contributed by atoms with E-state index in [1.807, 2.05) is 0 Å². The summed E-state index contributed by atoms with van der Waals surface area (Å²) in [5.41, 5.74) is 1.31. The molecule has 1 aliphatic rings. The average Bonchev–Trinajstić information content (AvgIpc) is 2.62. The van der Waals surface area contributed by atoms with Gasteiger partial charge in [-0.05, 0) is 42.5 Å². The maximum absolute atomic E-state index is 13.1. The lowest BCUT2D eigenvalue weighted by Crippen LogP contribution is -2.40. The van der Waals surface area contributed by atoms with Gasteiger partial charge >= 0.3 is 0 Å². The van der Waals surface area contributed by atoms with Crippen LogP contribution in [0.4, 0.5) is 10.1 Å². The fraction of sp³-hybridized carbons (Fsp3) is 0.222. The lowest BCUT2D eigenvalue weighted by molar-refractivity contribution is 0.0303. The van der Waals surface area contributed by atoms with Crippen LogP contribution >= 0.6 is 0 Å². The van der Waals surface area contributed by atoms with E-state index in [9.17, 15) is 14.0 Å². The van der Waals surface area contributed by atoms with Gasteiger partial charge in [0.05, 0.1) is 13.2 Å². The molecule has 0 unspecified atom stereocenters. The number of halogens is 1. The molecule has 1 fully saturated rings. The van der Waals surface area contributed by atoms with Gasteiger partial charge in [-0.2, -0.15) is 0 Å². The van der Waals surface area contributed by atoms with E-state index >= 15 is 0 Å². The number of rotatable bonds is 3. The van der Waals surface area contributed by atoms with E-state index in [-0.39, 0.29) is 11.8 Å². The summed E-state index contributed by atoms with van der Waals surface area (Å²) in [5.74, 6) is -0.847. The topological polar surface area (TPSA) is 58.6 Å². The molecule has 124 valence electrons. The molecule has 1 N–H and O–H groups in total. The molecule has 0 spiro atoms. The van der Waals surface area contributed by atoms with Gasteiger partial charge in [0.2, 0.25) is 0 Å². The van der Waals surface area contributed by atoms with Crippen LogP contribution in [0.5, 0.6) is 0 Å². The van der Waals surface area contributed by atoms with E-state index in [0.717, 1.165) is 0 Å². The third kappa shape index (κ3) is 3.78. The molecule has 1 saturated heterocycles. The Balaban J connectivity index is 1.67. The highest BCUT2D eigenvalue weighted by atomic mass is 19.1. The maximum atomic E-state index is 13.1. The van der Waals surface area contributed by atoms with Gasteiger partial charge in [0.25, 0.3) is 11.8 Å². The first-order valence-electron chi connectivity index (χ1n) is 7.67. The summed E-state index contributed by atoms with van der Waals surface area (Å²) >= 11 is 0. The first kappa shape index (κ1) is 16.1. The number of ether oxygens (including phenoxy) is 1. The van der Waals surface area contributed by atoms with Crippen LogP contribution in [-0.2, 0) is 4.74 Å². The van der Waals surface area contributed by atoms with Gasteiger partial charge in [-0.1, -0.05) is 6.07 Å². The van der Waals surface area contributed by atoms with Crippen LogP contribution in [-0.4, -0.2) is 43.0 Å². The Labute approximate surface area is 139 Å². The summed E-state index contributed by atoms with van der Waals surface area (Å²) < 4.78 is 18.4. The zero-order valence-electron chi connectivity index (χ0n) is 13.0. The fourth-order valence-electron chi connectivity index (χ4n) is 2.48. The number of carbonyl (C=O) groups is 2. The van der Waals surface area contributed by atoms with Crippen molar-refractivity contribution in [1.29, 1.82) is 0 Å². The van der Waals surface area contributed by atoms with Crippen LogP contribution in [0.1, 0.15) is 20.7 Å². The van der Waals surface area contributed by atoms with Crippen molar-refractivity contribution in [2.75, 3.05) is 31.6 Å². The quantitative estimate of drug-likeness (QED) is 0.942. The molecule has 0 atom stereocenters. The van der Waals surface area contributed by atoms with Crippen molar-refractivity contribution < 1.29 is 18.7 Å². The molecule has 2 aromatic carbocycles. The second kappa shape index (κ2) is 7.23. The molecular weight excluding hydrogens is 311 g/mol. The average molecular weight is 328 g/mol. The molecule has 0 radical (unpaired) electrons. The van der Waals surface area contributed by atoms with Crippen LogP contribution in [0, 0.1) is 5.82 Å². The van der Waals surface area contributed by atoms with Gasteiger partial charge < -0.3 is 15.0 Å². The Hall–Kier alpha value is -2.73. The number of nitrogens with zero attached hydrogens (tertiary/aromatic N) is 1. The maximum Gasteiger partial charge on any atom is 0.255 e. The zero-order valence-corrected chi connectivity index (χ0v) is 13.0. The molecule has 5 nitrogen and oxygen atoms in total. The molecule has 0 aromatic heterocycles. The van der Waals surface area contributed by atoms with Crippen molar-refractivity contribution in [3.05, 3.63) is 65.5 Å². The molecule has 24 heavy (non-hydrogen) atoms. The summed E-state index contributed by atoms with van der Waals surface area (Å²) in [4.78, 5) is 26.2. The van der Waals surface area contributed by atoms with Crippen LogP contribution in [0.3, 0.4) is 0 Å². The number of hydrogen-bond donors (Lipinski definition) is 1. The Morgan fingerprint density at radius 3 is 2.33 bits per heavy atom. The van der Waals surface area contributed by atoms with Crippen LogP contribution in [0.25, 0.3) is 0 Å². The van der Waals surface area contributed by atoms with Gasteiger partial charge in [0.1, 0.15) is 5.82 Å². The predicted octanol–water partition coefficient (Wildman–Crippen LogP) is 2.55. The third-order valence-electron chi connectivity index (χ3n) is 3.77. The third-order valence-corrected chi connectivity index (χ3v) is 3.77. The normalized spacial score (nSPS) is 14.3. The Morgan fingerprint density at radius 2 is 1.67 bits per heavy atom. The molecule has 0 bridgehead atoms. The molecule has 6 heteroatoms. The number of morpholine rings is 1. The SMILES string of the molecule is O=C(Nc1cccc(F)c1)c1ccc(C(=O)N2CCOCC2)cc1. The number of benzene rings is 2. The van der Waals surface area contributed by atoms with Crippen LogP contribution in [0.2, 0.25) is 0 Å². The minimum Gasteiger partial charge on any atom is -0.378 e. The van der Waals surface area contributed by atoms with Crippen molar-refractivity contribution in [1.82, 2.24) is 4.90 Å². The summed E-state index contributed by atoms with van der Waals surface area (Å²) in [5, 5.41) is 2.62. The Kier molecular flexibility index (Phi) is 4.86. The van der Waals surface area contributed by atoms with Gasteiger partial charge in [0, 0.05) is 29.9 Å². The monoisotopic (exact) mass is 328 g/mol. The Morgan fingerprint density at radius 1 is 1.00 bits per heavy atom. The number of hydrogen-bond acceptors (Lipinski definition) is 3. The highest BCUT2D eigenvalue weighted by Crippen LogP contribution is 2.13. The van der Waals surface area contributed by atoms with Crippen molar-refractivity contribution in [3.8, 4) is 0 Å². The molecule has 1 aliphatic heterocycles. The summed E-state index contributed by atoms with van der Waals surface area (Å²) in [6.07, 6.45) is 0. The number of nitrogens with one attached hydrogen (secondary N) is 1. The van der Waals surface area contributed by atoms with E-state index in [4.69, 9.17) is 4.74 Å². The first-order valence-corrected chi connectivity index (χ1v) is 7.67. The van der Waals surface area contributed by atoms with E-state index in [1.165, 1.54) is 18.2 Å². The van der Waals surface area contributed by atoms with Gasteiger partial charge in [0.15, 0.2) is 0 Å². The molecule has 2 amide bonds. The number of amides is 2. The highest BCUT2D eigenvalue weighted by Gasteiger charge is 2.18. The largest absolute Gasteiger partial charge is 0.378 e. The molecule has 2 aromatic rings. The van der Waals surface area contributed by atoms with Gasteiger partial charge in [-0.3, -0.25) is 9.59 Å². The minimum atomic E-state index is -0.417. The van der Waals surface area contributed by atoms with Gasteiger partial charge in [-0.15, -0.1) is 0 Å². The zero-order chi connectivity index (χ0) is 16.9. The van der Waals surface area contributed by atoms with Crippen molar-refractivity contribution >= 4 is 17.5 Å². The fourth-order valence-corrected chi connectivity index (χ4v) is 2.48. The summed E-state index contributed by atoms with van der Waals surface area (Å²) in [7, 11) is 0. The van der Waals surface area contributed by atoms with E-state index in [0.29, 0.717) is 43.1 Å². The van der Waals surface area contributed by atoms with Gasteiger partial charge in [-0.25, -0.2) is 4.39 Å². The molecule has 0 saturated carbocycles. The molecule has 1 heterocycles. The van der Waals surface area contributed by atoms with Crippen LogP contribution in [0.15, 0.2) is 48.5 Å². The highest BCUT2D eigenvalue weighted by molar-refractivity contribution is 6.05. The van der Waals surface area contributed by atoms with E-state index < -0.39 is 5.82 Å². The lowest BCUT2D eigenvalue weighted by Gasteiger charge is -2.26. The Bertz CT molecular complexity index is 740. The molecule has 3 rings (SSSR count). The summed E-state index contributed by atoms with van der Waals surface area (Å²) in [6, 6.07) is 12.1. The van der Waals surface area contributed by atoms with E-state index in [1.54, 1.807) is 35.2 Å². The number of anilines is 1. The second-order valence-corrected chi connectivity index (χ2v) is 5.45. The van der Waals surface area contributed by atoms with Crippen molar-refractivity contribution in [3.63, 3.8) is 0 Å². The van der Waals surface area contributed by atoms with Crippen molar-refractivity contribution in [2.45, 2.75) is 0 Å². The first-order chi connectivity index (χ1) is 11.6. The van der Waals surface area contributed by atoms with Crippen LogP contribution < -0.4 is 5.32 Å². The van der Waals surface area contributed by atoms with E-state index in [2.05, 4.69) is 5.32 Å². The lowest BCUT2D eigenvalue weighted by atomic mass is 10.1. The number of carbonyl (C=O) groups excluding carboxylic acids is 2. The molecule has 0 aliphatic carbocycles. The predicted molar refractivity (Wildman–Crippen MR) is 87.5 cm³/mol.